The molecule has 0 bridgehead atoms. The minimum Gasteiger partial charge on any atom is -0.328 e. The summed E-state index contributed by atoms with van der Waals surface area (Å²) in [6, 6.07) is 6.99. The molecule has 0 aliphatic heterocycles. The molecule has 0 radical (unpaired) electrons. The van der Waals surface area contributed by atoms with E-state index in [-0.39, 0.29) is 11.9 Å². The second-order valence-electron chi connectivity index (χ2n) is 3.50. The van der Waals surface area contributed by atoms with Crippen LogP contribution in [0.2, 0.25) is 0 Å². The highest BCUT2D eigenvalue weighted by atomic mass is 19.1. The third kappa shape index (κ3) is 4.04. The Hall–Kier alpha value is -0.890. The van der Waals surface area contributed by atoms with Crippen LogP contribution < -0.4 is 5.73 Å². The summed E-state index contributed by atoms with van der Waals surface area (Å²) in [6.07, 6.45) is 2.94. The maximum absolute atomic E-state index is 12.7. The maximum atomic E-state index is 12.7. The molecule has 13 heavy (non-hydrogen) atoms. The number of halogens is 1. The fourth-order valence-electron chi connectivity index (χ4n) is 1.32. The monoisotopic (exact) mass is 181 g/mol. The average Bonchev–Trinajstić information content (AvgIpc) is 2.03. The predicted molar refractivity (Wildman–Crippen MR) is 53.0 cm³/mol. The van der Waals surface area contributed by atoms with Crippen LogP contribution in [0, 0.1) is 5.82 Å². The van der Waals surface area contributed by atoms with Gasteiger partial charge in [0.2, 0.25) is 0 Å². The van der Waals surface area contributed by atoms with Crippen molar-refractivity contribution in [3.05, 3.63) is 35.6 Å². The van der Waals surface area contributed by atoms with Crippen LogP contribution >= 0.6 is 0 Å². The van der Waals surface area contributed by atoms with Crippen molar-refractivity contribution in [3.8, 4) is 0 Å². The summed E-state index contributed by atoms with van der Waals surface area (Å²) in [4.78, 5) is 0. The van der Waals surface area contributed by atoms with Gasteiger partial charge in [-0.2, -0.15) is 0 Å². The van der Waals surface area contributed by atoms with Gasteiger partial charge < -0.3 is 5.73 Å². The molecule has 0 saturated carbocycles. The lowest BCUT2D eigenvalue weighted by Gasteiger charge is -2.04. The lowest BCUT2D eigenvalue weighted by atomic mass is 10.1. The Kier molecular flexibility index (Phi) is 3.90. The number of benzene rings is 1. The van der Waals surface area contributed by atoms with Gasteiger partial charge in [-0.1, -0.05) is 12.1 Å². The van der Waals surface area contributed by atoms with E-state index in [0.29, 0.717) is 0 Å². The average molecular weight is 181 g/mol. The molecular weight excluding hydrogens is 165 g/mol. The van der Waals surface area contributed by atoms with E-state index >= 15 is 0 Å². The van der Waals surface area contributed by atoms with Gasteiger partial charge in [0.05, 0.1) is 0 Å². The van der Waals surface area contributed by atoms with E-state index in [1.807, 2.05) is 13.0 Å². The third-order valence-electron chi connectivity index (χ3n) is 2.01. The molecule has 2 heteroatoms. The van der Waals surface area contributed by atoms with Crippen LogP contribution in [0.15, 0.2) is 24.3 Å². The summed E-state index contributed by atoms with van der Waals surface area (Å²) in [5.41, 5.74) is 6.67. The smallest absolute Gasteiger partial charge is 0.123 e. The highest BCUT2D eigenvalue weighted by molar-refractivity contribution is 5.16. The van der Waals surface area contributed by atoms with Gasteiger partial charge in [-0.05, 0) is 43.9 Å². The summed E-state index contributed by atoms with van der Waals surface area (Å²) < 4.78 is 12.7. The molecule has 72 valence electrons. The van der Waals surface area contributed by atoms with Crippen molar-refractivity contribution < 1.29 is 4.39 Å². The van der Waals surface area contributed by atoms with E-state index in [0.717, 1.165) is 24.8 Å². The Morgan fingerprint density at radius 2 is 2.23 bits per heavy atom. The van der Waals surface area contributed by atoms with Crippen molar-refractivity contribution in [2.45, 2.75) is 32.2 Å². The molecule has 1 atom stereocenters. The van der Waals surface area contributed by atoms with Gasteiger partial charge in [0.25, 0.3) is 0 Å². The van der Waals surface area contributed by atoms with E-state index in [9.17, 15) is 4.39 Å². The summed E-state index contributed by atoms with van der Waals surface area (Å²) in [5, 5.41) is 0. The maximum Gasteiger partial charge on any atom is 0.123 e. The zero-order chi connectivity index (χ0) is 9.68. The minimum atomic E-state index is -0.154. The Morgan fingerprint density at radius 1 is 1.46 bits per heavy atom. The van der Waals surface area contributed by atoms with Crippen LogP contribution in [0.5, 0.6) is 0 Å². The number of aryl methyl sites for hydroxylation is 1. The molecule has 1 rings (SSSR count). The van der Waals surface area contributed by atoms with Gasteiger partial charge in [-0.25, -0.2) is 4.39 Å². The molecule has 0 aromatic heterocycles. The summed E-state index contributed by atoms with van der Waals surface area (Å²) in [5.74, 6) is -0.154. The molecule has 2 N–H and O–H groups in total. The number of hydrogen-bond acceptors (Lipinski definition) is 1. The first-order chi connectivity index (χ1) is 6.18. The second kappa shape index (κ2) is 4.97. The van der Waals surface area contributed by atoms with Crippen LogP contribution in [0.3, 0.4) is 0 Å². The van der Waals surface area contributed by atoms with Gasteiger partial charge in [-0.15, -0.1) is 0 Å². The second-order valence-corrected chi connectivity index (χ2v) is 3.50. The fraction of sp³-hybridized carbons (Fsp3) is 0.455. The van der Waals surface area contributed by atoms with E-state index < -0.39 is 0 Å². The van der Waals surface area contributed by atoms with E-state index in [4.69, 9.17) is 5.73 Å². The van der Waals surface area contributed by atoms with Crippen LogP contribution in [0.4, 0.5) is 4.39 Å². The van der Waals surface area contributed by atoms with E-state index in [2.05, 4.69) is 0 Å². The van der Waals surface area contributed by atoms with Gasteiger partial charge in [0.1, 0.15) is 5.82 Å². The van der Waals surface area contributed by atoms with Crippen molar-refractivity contribution in [2.24, 2.45) is 5.73 Å². The number of rotatable bonds is 4. The molecule has 1 unspecified atom stereocenters. The summed E-state index contributed by atoms with van der Waals surface area (Å²) in [6.45, 7) is 1.99. The molecule has 0 aliphatic carbocycles. The van der Waals surface area contributed by atoms with Crippen molar-refractivity contribution in [2.75, 3.05) is 0 Å². The topological polar surface area (TPSA) is 26.0 Å². The largest absolute Gasteiger partial charge is 0.328 e. The molecule has 0 saturated heterocycles. The molecule has 0 heterocycles. The molecule has 1 aromatic carbocycles. The Labute approximate surface area is 78.8 Å². The number of hydrogen-bond donors (Lipinski definition) is 1. The first-order valence-corrected chi connectivity index (χ1v) is 4.68. The first kappa shape index (κ1) is 10.2. The lowest BCUT2D eigenvalue weighted by Crippen LogP contribution is -2.14. The van der Waals surface area contributed by atoms with Gasteiger partial charge >= 0.3 is 0 Å². The first-order valence-electron chi connectivity index (χ1n) is 4.68. The third-order valence-corrected chi connectivity index (χ3v) is 2.01. The van der Waals surface area contributed by atoms with Crippen molar-refractivity contribution >= 4 is 0 Å². The zero-order valence-electron chi connectivity index (χ0n) is 7.96. The standard InChI is InChI=1S/C11H16FN/c1-9(13)4-2-5-10-6-3-7-11(12)8-10/h3,6-9H,2,4-5,13H2,1H3. The molecule has 1 aromatic rings. The van der Waals surface area contributed by atoms with Crippen LogP contribution in [0.1, 0.15) is 25.3 Å². The Bertz CT molecular complexity index is 258. The highest BCUT2D eigenvalue weighted by Crippen LogP contribution is 2.07. The summed E-state index contributed by atoms with van der Waals surface area (Å²) >= 11 is 0. The molecule has 0 fully saturated rings. The SMILES string of the molecule is CC(N)CCCc1cccc(F)c1. The Morgan fingerprint density at radius 3 is 2.85 bits per heavy atom. The molecule has 0 amide bonds. The predicted octanol–water partition coefficient (Wildman–Crippen LogP) is 2.50. The minimum absolute atomic E-state index is 0.154. The van der Waals surface area contributed by atoms with Crippen molar-refractivity contribution in [1.82, 2.24) is 0 Å². The van der Waals surface area contributed by atoms with Crippen LogP contribution in [-0.2, 0) is 6.42 Å². The summed E-state index contributed by atoms with van der Waals surface area (Å²) in [7, 11) is 0. The van der Waals surface area contributed by atoms with Gasteiger partial charge in [0.15, 0.2) is 0 Å². The van der Waals surface area contributed by atoms with E-state index in [1.165, 1.54) is 6.07 Å². The quantitative estimate of drug-likeness (QED) is 0.758. The molecule has 0 spiro atoms. The normalized spacial score (nSPS) is 12.8. The van der Waals surface area contributed by atoms with Gasteiger partial charge in [0, 0.05) is 6.04 Å². The molecule has 1 nitrogen and oxygen atoms in total. The van der Waals surface area contributed by atoms with Crippen LogP contribution in [-0.4, -0.2) is 6.04 Å². The van der Waals surface area contributed by atoms with Crippen LogP contribution in [0.25, 0.3) is 0 Å². The fourth-order valence-corrected chi connectivity index (χ4v) is 1.32. The lowest BCUT2D eigenvalue weighted by molar-refractivity contribution is 0.611. The zero-order valence-corrected chi connectivity index (χ0v) is 7.96. The van der Waals surface area contributed by atoms with Crippen molar-refractivity contribution in [3.63, 3.8) is 0 Å². The van der Waals surface area contributed by atoms with Gasteiger partial charge in [-0.3, -0.25) is 0 Å². The molecule has 0 aliphatic rings. The molecular formula is C11H16FN. The number of nitrogens with two attached hydrogens (primary N) is 1. The van der Waals surface area contributed by atoms with Crippen molar-refractivity contribution in [1.29, 1.82) is 0 Å². The Balaban J connectivity index is 2.37. The van der Waals surface area contributed by atoms with E-state index in [1.54, 1.807) is 12.1 Å². The highest BCUT2D eigenvalue weighted by Gasteiger charge is 1.97.